The van der Waals surface area contributed by atoms with Crippen LogP contribution in [0.4, 0.5) is 10.1 Å². The van der Waals surface area contributed by atoms with E-state index in [1.54, 1.807) is 6.07 Å². The monoisotopic (exact) mass is 252 g/mol. The van der Waals surface area contributed by atoms with Gasteiger partial charge < -0.3 is 15.8 Å². The molecule has 2 rings (SSSR count). The molecule has 0 radical (unpaired) electrons. The number of hydrogen-bond donors (Lipinski definition) is 2. The van der Waals surface area contributed by atoms with Crippen molar-refractivity contribution in [1.29, 1.82) is 0 Å². The Balaban J connectivity index is 2.03. The summed E-state index contributed by atoms with van der Waals surface area (Å²) >= 11 is 0. The maximum Gasteiger partial charge on any atom is 0.167 e. The van der Waals surface area contributed by atoms with Crippen LogP contribution in [0.15, 0.2) is 18.2 Å². The molecule has 1 aliphatic carbocycles. The van der Waals surface area contributed by atoms with Crippen molar-refractivity contribution in [1.82, 2.24) is 0 Å². The number of nitrogens with two attached hydrogens (primary N) is 1. The molecule has 0 amide bonds. The van der Waals surface area contributed by atoms with E-state index < -0.39 is 0 Å². The number of rotatable bonds is 5. The summed E-state index contributed by atoms with van der Waals surface area (Å²) in [7, 11) is 0. The van der Waals surface area contributed by atoms with Crippen LogP contribution in [0.5, 0.6) is 5.75 Å². The average Bonchev–Trinajstić information content (AvgIpc) is 2.80. The molecule has 0 aromatic heterocycles. The standard InChI is InChI=1S/C14H21FN2O/c1-2-18-14-7-6-11(8-12(14)15)17-13-5-3-4-10(13)9-16/h6-8,10,13,17H,2-5,9,16H2,1H3. The van der Waals surface area contributed by atoms with E-state index in [4.69, 9.17) is 10.5 Å². The van der Waals surface area contributed by atoms with Crippen LogP contribution in [0, 0.1) is 11.7 Å². The Kier molecular flexibility index (Phi) is 4.42. The first-order valence-corrected chi connectivity index (χ1v) is 6.63. The topological polar surface area (TPSA) is 47.3 Å². The van der Waals surface area contributed by atoms with Crippen molar-refractivity contribution in [3.63, 3.8) is 0 Å². The van der Waals surface area contributed by atoms with Crippen LogP contribution in [-0.2, 0) is 0 Å². The van der Waals surface area contributed by atoms with E-state index in [0.29, 0.717) is 30.9 Å². The number of ether oxygens (including phenoxy) is 1. The van der Waals surface area contributed by atoms with Gasteiger partial charge in [0.2, 0.25) is 0 Å². The Morgan fingerprint density at radius 1 is 1.44 bits per heavy atom. The largest absolute Gasteiger partial charge is 0.491 e. The first-order chi connectivity index (χ1) is 8.74. The zero-order valence-corrected chi connectivity index (χ0v) is 10.8. The van der Waals surface area contributed by atoms with Gasteiger partial charge in [0, 0.05) is 17.8 Å². The quantitative estimate of drug-likeness (QED) is 0.847. The van der Waals surface area contributed by atoms with Gasteiger partial charge >= 0.3 is 0 Å². The molecule has 1 fully saturated rings. The van der Waals surface area contributed by atoms with Crippen molar-refractivity contribution in [2.24, 2.45) is 11.7 Å². The first kappa shape index (κ1) is 13.1. The number of benzene rings is 1. The smallest absolute Gasteiger partial charge is 0.167 e. The van der Waals surface area contributed by atoms with Crippen LogP contribution in [0.1, 0.15) is 26.2 Å². The van der Waals surface area contributed by atoms with Crippen LogP contribution in [0.2, 0.25) is 0 Å². The molecule has 3 N–H and O–H groups in total. The molecule has 2 atom stereocenters. The van der Waals surface area contributed by atoms with Gasteiger partial charge in [0.05, 0.1) is 6.61 Å². The highest BCUT2D eigenvalue weighted by atomic mass is 19.1. The normalized spacial score (nSPS) is 23.1. The van der Waals surface area contributed by atoms with E-state index in [-0.39, 0.29) is 5.82 Å². The summed E-state index contributed by atoms with van der Waals surface area (Å²) in [6.45, 7) is 3.01. The van der Waals surface area contributed by atoms with Gasteiger partial charge in [-0.3, -0.25) is 0 Å². The van der Waals surface area contributed by atoms with E-state index in [1.165, 1.54) is 12.5 Å². The minimum Gasteiger partial charge on any atom is -0.491 e. The van der Waals surface area contributed by atoms with Gasteiger partial charge in [-0.2, -0.15) is 0 Å². The lowest BCUT2D eigenvalue weighted by molar-refractivity contribution is 0.321. The maximum absolute atomic E-state index is 13.7. The zero-order chi connectivity index (χ0) is 13.0. The van der Waals surface area contributed by atoms with Gasteiger partial charge in [-0.25, -0.2) is 4.39 Å². The molecular weight excluding hydrogens is 231 g/mol. The van der Waals surface area contributed by atoms with Gasteiger partial charge in [0.15, 0.2) is 11.6 Å². The highest BCUT2D eigenvalue weighted by molar-refractivity contribution is 5.48. The molecular formula is C14H21FN2O. The molecule has 3 nitrogen and oxygen atoms in total. The molecule has 18 heavy (non-hydrogen) atoms. The van der Waals surface area contributed by atoms with Crippen molar-refractivity contribution < 1.29 is 9.13 Å². The Bertz CT molecular complexity index is 397. The SMILES string of the molecule is CCOc1ccc(NC2CCCC2CN)cc1F. The lowest BCUT2D eigenvalue weighted by Gasteiger charge is -2.21. The van der Waals surface area contributed by atoms with Crippen LogP contribution in [0.3, 0.4) is 0 Å². The molecule has 0 spiro atoms. The van der Waals surface area contributed by atoms with E-state index in [1.807, 2.05) is 13.0 Å². The minimum absolute atomic E-state index is 0.310. The number of anilines is 1. The summed E-state index contributed by atoms with van der Waals surface area (Å²) in [6.07, 6.45) is 3.46. The first-order valence-electron chi connectivity index (χ1n) is 6.63. The van der Waals surface area contributed by atoms with Crippen LogP contribution >= 0.6 is 0 Å². The predicted octanol–water partition coefficient (Wildman–Crippen LogP) is 2.76. The van der Waals surface area contributed by atoms with Gasteiger partial charge in [-0.05, 0) is 44.4 Å². The van der Waals surface area contributed by atoms with Crippen molar-refractivity contribution >= 4 is 5.69 Å². The predicted molar refractivity (Wildman–Crippen MR) is 71.4 cm³/mol. The molecule has 0 saturated heterocycles. The van der Waals surface area contributed by atoms with E-state index >= 15 is 0 Å². The van der Waals surface area contributed by atoms with Crippen molar-refractivity contribution in [3.8, 4) is 5.75 Å². The van der Waals surface area contributed by atoms with Crippen molar-refractivity contribution in [2.75, 3.05) is 18.5 Å². The number of hydrogen-bond acceptors (Lipinski definition) is 3. The fourth-order valence-electron chi connectivity index (χ4n) is 2.59. The summed E-state index contributed by atoms with van der Waals surface area (Å²) in [5.74, 6) is 0.494. The van der Waals surface area contributed by atoms with Crippen LogP contribution < -0.4 is 15.8 Å². The minimum atomic E-state index is -0.316. The van der Waals surface area contributed by atoms with Gasteiger partial charge in [-0.15, -0.1) is 0 Å². The van der Waals surface area contributed by atoms with E-state index in [9.17, 15) is 4.39 Å². The molecule has 1 aromatic carbocycles. The Morgan fingerprint density at radius 3 is 2.94 bits per heavy atom. The average molecular weight is 252 g/mol. The van der Waals surface area contributed by atoms with E-state index in [2.05, 4.69) is 5.32 Å². The zero-order valence-electron chi connectivity index (χ0n) is 10.8. The molecule has 0 heterocycles. The second-order valence-corrected chi connectivity index (χ2v) is 4.76. The lowest BCUT2D eigenvalue weighted by Crippen LogP contribution is -2.29. The maximum atomic E-state index is 13.7. The molecule has 4 heteroatoms. The number of halogens is 1. The van der Waals surface area contributed by atoms with Crippen LogP contribution in [-0.4, -0.2) is 19.2 Å². The fraction of sp³-hybridized carbons (Fsp3) is 0.571. The van der Waals surface area contributed by atoms with Crippen LogP contribution in [0.25, 0.3) is 0 Å². The molecule has 0 bridgehead atoms. The summed E-state index contributed by atoms with van der Waals surface area (Å²) in [4.78, 5) is 0. The Morgan fingerprint density at radius 2 is 2.28 bits per heavy atom. The second kappa shape index (κ2) is 6.05. The molecule has 0 aliphatic heterocycles. The molecule has 2 unspecified atom stereocenters. The lowest BCUT2D eigenvalue weighted by atomic mass is 10.0. The van der Waals surface area contributed by atoms with E-state index in [0.717, 1.165) is 18.5 Å². The van der Waals surface area contributed by atoms with Gasteiger partial charge in [0.1, 0.15) is 0 Å². The Hall–Kier alpha value is -1.29. The second-order valence-electron chi connectivity index (χ2n) is 4.76. The summed E-state index contributed by atoms with van der Waals surface area (Å²) < 4.78 is 18.9. The molecule has 100 valence electrons. The highest BCUT2D eigenvalue weighted by Crippen LogP contribution is 2.29. The van der Waals surface area contributed by atoms with Crippen molar-refractivity contribution in [2.45, 2.75) is 32.2 Å². The summed E-state index contributed by atoms with van der Waals surface area (Å²) in [5, 5.41) is 3.38. The summed E-state index contributed by atoms with van der Waals surface area (Å²) in [5.41, 5.74) is 6.54. The molecule has 1 aromatic rings. The van der Waals surface area contributed by atoms with Gasteiger partial charge in [0.25, 0.3) is 0 Å². The summed E-state index contributed by atoms with van der Waals surface area (Å²) in [6, 6.07) is 5.40. The third-order valence-corrected chi connectivity index (χ3v) is 3.55. The van der Waals surface area contributed by atoms with Gasteiger partial charge in [-0.1, -0.05) is 6.42 Å². The highest BCUT2D eigenvalue weighted by Gasteiger charge is 2.25. The third-order valence-electron chi connectivity index (χ3n) is 3.55. The Labute approximate surface area is 108 Å². The fourth-order valence-corrected chi connectivity index (χ4v) is 2.59. The molecule has 1 saturated carbocycles. The molecule has 1 aliphatic rings. The van der Waals surface area contributed by atoms with Crippen molar-refractivity contribution in [3.05, 3.63) is 24.0 Å². The number of nitrogens with one attached hydrogen (secondary N) is 1. The third kappa shape index (κ3) is 2.93.